The zero-order chi connectivity index (χ0) is 17.5. The van der Waals surface area contributed by atoms with Crippen molar-refractivity contribution in [1.82, 2.24) is 4.98 Å². The van der Waals surface area contributed by atoms with E-state index in [1.807, 2.05) is 71.1 Å². The number of rotatable bonds is 3. The normalized spacial score (nSPS) is 18.7. The molecular weight excluding hydrogens is 322 g/mol. The molecule has 1 aromatic heterocycles. The van der Waals surface area contributed by atoms with Gasteiger partial charge in [0.25, 0.3) is 0 Å². The second-order valence-corrected chi connectivity index (χ2v) is 7.58. The van der Waals surface area contributed by atoms with Gasteiger partial charge in [0.05, 0.1) is 11.2 Å². The zero-order valence-corrected chi connectivity index (χ0v) is 15.4. The molecule has 1 fully saturated rings. The van der Waals surface area contributed by atoms with E-state index in [1.165, 1.54) is 0 Å². The lowest BCUT2D eigenvalue weighted by atomic mass is 9.77. The second kappa shape index (κ2) is 6.06. The molecule has 6 heteroatoms. The van der Waals surface area contributed by atoms with Gasteiger partial charge in [0, 0.05) is 22.4 Å². The fraction of sp³-hybridized carbons (Fsp3) is 0.389. The summed E-state index contributed by atoms with van der Waals surface area (Å²) in [6.45, 7) is 10.2. The van der Waals surface area contributed by atoms with Crippen LogP contribution in [0, 0.1) is 6.92 Å². The van der Waals surface area contributed by atoms with Gasteiger partial charge >= 0.3 is 7.12 Å². The van der Waals surface area contributed by atoms with Crippen LogP contribution in [-0.4, -0.2) is 23.3 Å². The van der Waals surface area contributed by atoms with Gasteiger partial charge in [-0.1, -0.05) is 11.6 Å². The summed E-state index contributed by atoms with van der Waals surface area (Å²) in [7, 11) is -0.396. The fourth-order valence-electron chi connectivity index (χ4n) is 2.53. The maximum atomic E-state index is 6.10. The van der Waals surface area contributed by atoms with Gasteiger partial charge in [-0.05, 0) is 70.5 Å². The number of aryl methyl sites for hydroxylation is 1. The van der Waals surface area contributed by atoms with Gasteiger partial charge in [-0.3, -0.25) is 0 Å². The first-order chi connectivity index (χ1) is 11.2. The number of pyridine rings is 1. The molecule has 2 aromatic rings. The Labute approximate surface area is 148 Å². The second-order valence-electron chi connectivity index (χ2n) is 7.15. The Bertz CT molecular complexity index is 731. The standard InChI is InChI=1S/C18H22BClN2O2/c1-12-10-16(22-14-8-6-13(20)7-9-14)21-11-15(12)19-23-17(2,3)18(4,5)24-19/h6-11H,1-5H3,(H,21,22). The molecule has 2 heterocycles. The van der Waals surface area contributed by atoms with E-state index in [0.29, 0.717) is 5.02 Å². The Morgan fingerprint density at radius 3 is 2.17 bits per heavy atom. The largest absolute Gasteiger partial charge is 0.496 e. The van der Waals surface area contributed by atoms with E-state index in [-0.39, 0.29) is 11.2 Å². The molecule has 126 valence electrons. The maximum absolute atomic E-state index is 6.10. The quantitative estimate of drug-likeness (QED) is 0.852. The minimum Gasteiger partial charge on any atom is -0.399 e. The number of nitrogens with zero attached hydrogens (tertiary/aromatic N) is 1. The van der Waals surface area contributed by atoms with Crippen molar-refractivity contribution in [3.63, 3.8) is 0 Å². The molecule has 0 unspecified atom stereocenters. The minimum absolute atomic E-state index is 0.357. The summed E-state index contributed by atoms with van der Waals surface area (Å²) in [5.74, 6) is 0.773. The average molecular weight is 345 g/mol. The van der Waals surface area contributed by atoms with Crippen molar-refractivity contribution in [3.8, 4) is 0 Å². The van der Waals surface area contributed by atoms with Crippen LogP contribution < -0.4 is 10.8 Å². The van der Waals surface area contributed by atoms with E-state index >= 15 is 0 Å². The zero-order valence-electron chi connectivity index (χ0n) is 14.7. The van der Waals surface area contributed by atoms with E-state index in [9.17, 15) is 0 Å². The molecular formula is C18H22BClN2O2. The molecule has 3 rings (SSSR count). The van der Waals surface area contributed by atoms with Crippen molar-refractivity contribution in [2.75, 3.05) is 5.32 Å². The number of halogens is 1. The van der Waals surface area contributed by atoms with Crippen LogP contribution in [0.1, 0.15) is 33.3 Å². The van der Waals surface area contributed by atoms with Crippen LogP contribution in [0.15, 0.2) is 36.5 Å². The van der Waals surface area contributed by atoms with E-state index in [4.69, 9.17) is 20.9 Å². The number of nitrogens with one attached hydrogen (secondary N) is 1. The number of aromatic nitrogens is 1. The Balaban J connectivity index is 1.79. The third kappa shape index (κ3) is 3.29. The van der Waals surface area contributed by atoms with Gasteiger partial charge in [0.1, 0.15) is 5.82 Å². The third-order valence-electron chi connectivity index (χ3n) is 4.78. The Morgan fingerprint density at radius 2 is 1.62 bits per heavy atom. The molecule has 0 amide bonds. The molecule has 0 atom stereocenters. The van der Waals surface area contributed by atoms with E-state index in [1.54, 1.807) is 0 Å². The van der Waals surface area contributed by atoms with E-state index < -0.39 is 7.12 Å². The maximum Gasteiger partial charge on any atom is 0.496 e. The lowest BCUT2D eigenvalue weighted by Crippen LogP contribution is -2.41. The molecule has 0 radical (unpaired) electrons. The summed E-state index contributed by atoms with van der Waals surface area (Å²) in [5, 5.41) is 3.98. The fourth-order valence-corrected chi connectivity index (χ4v) is 2.66. The number of anilines is 2. The van der Waals surface area contributed by atoms with Crippen molar-refractivity contribution in [2.45, 2.75) is 45.8 Å². The highest BCUT2D eigenvalue weighted by atomic mass is 35.5. The highest BCUT2D eigenvalue weighted by molar-refractivity contribution is 6.62. The van der Waals surface area contributed by atoms with Gasteiger partial charge in [-0.2, -0.15) is 0 Å². The number of benzene rings is 1. The Morgan fingerprint density at radius 1 is 1.04 bits per heavy atom. The molecule has 0 saturated carbocycles. The number of hydrogen-bond donors (Lipinski definition) is 1. The van der Waals surface area contributed by atoms with Crippen molar-refractivity contribution < 1.29 is 9.31 Å². The van der Waals surface area contributed by atoms with Gasteiger partial charge in [-0.25, -0.2) is 4.98 Å². The van der Waals surface area contributed by atoms with Crippen molar-refractivity contribution in [1.29, 1.82) is 0 Å². The SMILES string of the molecule is Cc1cc(Nc2ccc(Cl)cc2)ncc1B1OC(C)(C)C(C)(C)O1. The molecule has 1 saturated heterocycles. The van der Waals surface area contributed by atoms with E-state index in [2.05, 4.69) is 10.3 Å². The molecule has 1 aliphatic heterocycles. The highest BCUT2D eigenvalue weighted by Crippen LogP contribution is 2.36. The lowest BCUT2D eigenvalue weighted by Gasteiger charge is -2.32. The molecule has 0 aliphatic carbocycles. The first kappa shape index (κ1) is 17.3. The summed E-state index contributed by atoms with van der Waals surface area (Å²) in [5.41, 5.74) is 2.25. The van der Waals surface area contributed by atoms with Crippen LogP contribution >= 0.6 is 11.6 Å². The smallest absolute Gasteiger partial charge is 0.399 e. The van der Waals surface area contributed by atoms with Gasteiger partial charge in [0.2, 0.25) is 0 Å². The summed E-state index contributed by atoms with van der Waals surface area (Å²) >= 11 is 5.91. The van der Waals surface area contributed by atoms with Crippen molar-refractivity contribution in [3.05, 3.63) is 47.1 Å². The van der Waals surface area contributed by atoms with Crippen molar-refractivity contribution >= 4 is 35.7 Å². The Hall–Kier alpha value is -1.56. The van der Waals surface area contributed by atoms with Gasteiger partial charge in [0.15, 0.2) is 0 Å². The summed E-state index contributed by atoms with van der Waals surface area (Å²) in [4.78, 5) is 4.49. The summed E-state index contributed by atoms with van der Waals surface area (Å²) in [6, 6.07) is 9.52. The number of hydrogen-bond acceptors (Lipinski definition) is 4. The highest BCUT2D eigenvalue weighted by Gasteiger charge is 2.52. The summed E-state index contributed by atoms with van der Waals surface area (Å²) < 4.78 is 12.2. The predicted octanol–water partition coefficient (Wildman–Crippen LogP) is 4.09. The summed E-state index contributed by atoms with van der Waals surface area (Å²) in [6.07, 6.45) is 1.82. The molecule has 1 N–H and O–H groups in total. The van der Waals surface area contributed by atoms with Crippen LogP contribution in [0.5, 0.6) is 0 Å². The van der Waals surface area contributed by atoms with Gasteiger partial charge < -0.3 is 14.6 Å². The molecule has 0 spiro atoms. The predicted molar refractivity (Wildman–Crippen MR) is 99.4 cm³/mol. The average Bonchev–Trinajstić information content (AvgIpc) is 2.70. The van der Waals surface area contributed by atoms with Crippen LogP contribution in [0.2, 0.25) is 5.02 Å². The van der Waals surface area contributed by atoms with Crippen LogP contribution in [0.25, 0.3) is 0 Å². The van der Waals surface area contributed by atoms with Crippen LogP contribution in [-0.2, 0) is 9.31 Å². The topological polar surface area (TPSA) is 43.4 Å². The molecule has 4 nitrogen and oxygen atoms in total. The molecule has 1 aliphatic rings. The van der Waals surface area contributed by atoms with Gasteiger partial charge in [-0.15, -0.1) is 0 Å². The van der Waals surface area contributed by atoms with E-state index in [0.717, 1.165) is 22.5 Å². The minimum atomic E-state index is -0.396. The molecule has 24 heavy (non-hydrogen) atoms. The lowest BCUT2D eigenvalue weighted by molar-refractivity contribution is 0.00578. The first-order valence-electron chi connectivity index (χ1n) is 8.03. The molecule has 0 bridgehead atoms. The molecule has 1 aromatic carbocycles. The Kier molecular flexibility index (Phi) is 4.37. The monoisotopic (exact) mass is 344 g/mol. The third-order valence-corrected chi connectivity index (χ3v) is 5.03. The van der Waals surface area contributed by atoms with Crippen LogP contribution in [0.3, 0.4) is 0 Å². The first-order valence-corrected chi connectivity index (χ1v) is 8.40. The van der Waals surface area contributed by atoms with Crippen LogP contribution in [0.4, 0.5) is 11.5 Å². The van der Waals surface area contributed by atoms with Crippen molar-refractivity contribution in [2.24, 2.45) is 0 Å².